The Kier molecular flexibility index (Phi) is 3.51. The molecule has 1 aromatic carbocycles. The molecule has 6 heteroatoms. The zero-order chi connectivity index (χ0) is 13.6. The number of amides is 1. The van der Waals surface area contributed by atoms with E-state index >= 15 is 0 Å². The van der Waals surface area contributed by atoms with Gasteiger partial charge in [-0.2, -0.15) is 0 Å². The maximum Gasteiger partial charge on any atom is 0.247 e. The van der Waals surface area contributed by atoms with E-state index in [1.807, 2.05) is 36.4 Å². The van der Waals surface area contributed by atoms with E-state index in [1.165, 1.54) is 0 Å². The Balaban J connectivity index is 1.95. The summed E-state index contributed by atoms with van der Waals surface area (Å²) in [7, 11) is 0. The molecule has 2 heterocycles. The van der Waals surface area contributed by atoms with E-state index in [-0.39, 0.29) is 11.9 Å². The highest BCUT2D eigenvalue weighted by molar-refractivity contribution is 9.11. The van der Waals surface area contributed by atoms with Gasteiger partial charge in [0.2, 0.25) is 5.91 Å². The molecule has 0 radical (unpaired) electrons. The maximum atomic E-state index is 12.0. The molecule has 0 bridgehead atoms. The molecule has 3 nitrogen and oxygen atoms in total. The molecule has 1 aromatic heterocycles. The average molecular weight is 402 g/mol. The first-order valence-corrected chi connectivity index (χ1v) is 8.07. The lowest BCUT2D eigenvalue weighted by Gasteiger charge is -2.44. The Labute approximate surface area is 131 Å². The van der Waals surface area contributed by atoms with Crippen molar-refractivity contribution < 1.29 is 4.79 Å². The summed E-state index contributed by atoms with van der Waals surface area (Å²) in [6.07, 6.45) is 0. The van der Waals surface area contributed by atoms with Crippen LogP contribution in [-0.4, -0.2) is 11.9 Å². The molecular weight excluding hydrogens is 392 g/mol. The van der Waals surface area contributed by atoms with Crippen molar-refractivity contribution in [3.8, 4) is 0 Å². The zero-order valence-corrected chi connectivity index (χ0v) is 13.7. The number of nitrogens with two attached hydrogens (primary N) is 1. The minimum absolute atomic E-state index is 0.0307. The number of anilines is 1. The normalized spacial score (nSPS) is 22.5. The SMILES string of the molecule is N[C@@H]1C(=O)N(c2ccc(Br)cc2)[C@H]1c1ccc(Br)s1. The quantitative estimate of drug-likeness (QED) is 0.780. The number of β-lactam (4-membered cyclic amide) rings is 1. The molecule has 0 saturated carbocycles. The van der Waals surface area contributed by atoms with E-state index in [2.05, 4.69) is 31.9 Å². The van der Waals surface area contributed by atoms with Crippen molar-refractivity contribution in [3.63, 3.8) is 0 Å². The van der Waals surface area contributed by atoms with Gasteiger partial charge in [0.25, 0.3) is 0 Å². The third kappa shape index (κ3) is 2.27. The first-order chi connectivity index (χ1) is 9.08. The van der Waals surface area contributed by atoms with Gasteiger partial charge < -0.3 is 10.6 Å². The number of carbonyl (C=O) groups excluding carboxylic acids is 1. The first kappa shape index (κ1) is 13.3. The number of hydrogen-bond acceptors (Lipinski definition) is 3. The molecule has 1 amide bonds. The third-order valence-corrected chi connectivity index (χ3v) is 5.35. The lowest BCUT2D eigenvalue weighted by atomic mass is 9.93. The summed E-state index contributed by atoms with van der Waals surface area (Å²) in [5.74, 6) is -0.0307. The van der Waals surface area contributed by atoms with Crippen molar-refractivity contribution in [2.24, 2.45) is 5.73 Å². The summed E-state index contributed by atoms with van der Waals surface area (Å²) in [5, 5.41) is 0. The van der Waals surface area contributed by atoms with E-state index in [0.29, 0.717) is 0 Å². The topological polar surface area (TPSA) is 46.3 Å². The Morgan fingerprint density at radius 1 is 1.11 bits per heavy atom. The van der Waals surface area contributed by atoms with E-state index in [0.717, 1.165) is 18.8 Å². The second-order valence-electron chi connectivity index (χ2n) is 4.30. The molecule has 98 valence electrons. The Bertz CT molecular complexity index is 626. The Morgan fingerprint density at radius 2 is 1.79 bits per heavy atom. The van der Waals surface area contributed by atoms with Crippen LogP contribution < -0.4 is 10.6 Å². The van der Waals surface area contributed by atoms with Gasteiger partial charge in [-0.1, -0.05) is 15.9 Å². The second kappa shape index (κ2) is 5.01. The van der Waals surface area contributed by atoms with E-state index < -0.39 is 6.04 Å². The maximum absolute atomic E-state index is 12.0. The van der Waals surface area contributed by atoms with Gasteiger partial charge in [0.1, 0.15) is 6.04 Å². The molecule has 1 saturated heterocycles. The van der Waals surface area contributed by atoms with Gasteiger partial charge in [-0.05, 0) is 52.3 Å². The van der Waals surface area contributed by atoms with Crippen molar-refractivity contribution in [3.05, 3.63) is 49.5 Å². The summed E-state index contributed by atoms with van der Waals surface area (Å²) in [5.41, 5.74) is 6.84. The standard InChI is InChI=1S/C13H10Br2N2OS/c14-7-1-3-8(4-2-7)17-12(11(16)13(17)18)9-5-6-10(15)19-9/h1-6,11-12H,16H2/t11-,12-/m0/s1. The molecule has 1 fully saturated rings. The van der Waals surface area contributed by atoms with Gasteiger partial charge in [0, 0.05) is 15.0 Å². The molecule has 1 aliphatic heterocycles. The third-order valence-electron chi connectivity index (χ3n) is 3.13. The Morgan fingerprint density at radius 3 is 2.37 bits per heavy atom. The number of thiophene rings is 1. The fraction of sp³-hybridized carbons (Fsp3) is 0.154. The molecule has 1 aliphatic rings. The van der Waals surface area contributed by atoms with Crippen molar-refractivity contribution in [2.75, 3.05) is 4.90 Å². The molecule has 2 atom stereocenters. The average Bonchev–Trinajstić information content (AvgIpc) is 2.82. The highest BCUT2D eigenvalue weighted by atomic mass is 79.9. The van der Waals surface area contributed by atoms with Crippen LogP contribution in [0.3, 0.4) is 0 Å². The predicted octanol–water partition coefficient (Wildman–Crippen LogP) is 3.69. The van der Waals surface area contributed by atoms with Crippen LogP contribution in [0.25, 0.3) is 0 Å². The number of halogens is 2. The van der Waals surface area contributed by atoms with Crippen molar-refractivity contribution in [2.45, 2.75) is 12.1 Å². The van der Waals surface area contributed by atoms with Crippen molar-refractivity contribution in [1.82, 2.24) is 0 Å². The van der Waals surface area contributed by atoms with Crippen LogP contribution in [0.2, 0.25) is 0 Å². The molecule has 19 heavy (non-hydrogen) atoms. The van der Waals surface area contributed by atoms with Crippen LogP contribution in [-0.2, 0) is 4.79 Å². The number of benzene rings is 1. The van der Waals surface area contributed by atoms with Gasteiger partial charge in [0.05, 0.1) is 9.83 Å². The van der Waals surface area contributed by atoms with Gasteiger partial charge in [-0.3, -0.25) is 4.79 Å². The Hall–Kier alpha value is -0.690. The van der Waals surface area contributed by atoms with Crippen molar-refractivity contribution >= 4 is 54.8 Å². The summed E-state index contributed by atoms with van der Waals surface area (Å²) >= 11 is 8.45. The largest absolute Gasteiger partial charge is 0.318 e. The van der Waals surface area contributed by atoms with Crippen molar-refractivity contribution in [1.29, 1.82) is 0 Å². The number of carbonyl (C=O) groups is 1. The van der Waals surface area contributed by atoms with E-state index in [1.54, 1.807) is 16.2 Å². The highest BCUT2D eigenvalue weighted by Crippen LogP contribution is 2.41. The summed E-state index contributed by atoms with van der Waals surface area (Å²) < 4.78 is 2.04. The summed E-state index contributed by atoms with van der Waals surface area (Å²) in [6, 6.07) is 11.2. The monoisotopic (exact) mass is 400 g/mol. The molecule has 0 spiro atoms. The molecule has 0 unspecified atom stereocenters. The summed E-state index contributed by atoms with van der Waals surface area (Å²) in [6.45, 7) is 0. The molecular formula is C13H10Br2N2OS. The van der Waals surface area contributed by atoms with Gasteiger partial charge >= 0.3 is 0 Å². The highest BCUT2D eigenvalue weighted by Gasteiger charge is 2.47. The molecule has 0 aliphatic carbocycles. The number of hydrogen-bond donors (Lipinski definition) is 1. The zero-order valence-electron chi connectivity index (χ0n) is 9.72. The van der Waals surface area contributed by atoms with Crippen LogP contribution in [0, 0.1) is 0 Å². The second-order valence-corrected chi connectivity index (χ2v) is 7.71. The fourth-order valence-electron chi connectivity index (χ4n) is 2.19. The molecule has 2 aromatic rings. The van der Waals surface area contributed by atoms with Gasteiger partial charge in [0.15, 0.2) is 0 Å². The lowest BCUT2D eigenvalue weighted by Crippen LogP contribution is -2.63. The van der Waals surface area contributed by atoms with E-state index in [4.69, 9.17) is 5.73 Å². The lowest BCUT2D eigenvalue weighted by molar-refractivity contribution is -0.126. The van der Waals surface area contributed by atoms with Crippen LogP contribution in [0.5, 0.6) is 0 Å². The minimum atomic E-state index is -0.450. The van der Waals surface area contributed by atoms with Crippen LogP contribution in [0.1, 0.15) is 10.9 Å². The fourth-order valence-corrected chi connectivity index (χ4v) is 4.02. The first-order valence-electron chi connectivity index (χ1n) is 5.67. The van der Waals surface area contributed by atoms with Gasteiger partial charge in [-0.25, -0.2) is 0 Å². The predicted molar refractivity (Wildman–Crippen MR) is 84.4 cm³/mol. The summed E-state index contributed by atoms with van der Waals surface area (Å²) in [4.78, 5) is 14.9. The smallest absolute Gasteiger partial charge is 0.247 e. The van der Waals surface area contributed by atoms with Crippen LogP contribution in [0.4, 0.5) is 5.69 Å². The number of rotatable bonds is 2. The van der Waals surface area contributed by atoms with Gasteiger partial charge in [-0.15, -0.1) is 11.3 Å². The van der Waals surface area contributed by atoms with Crippen LogP contribution in [0.15, 0.2) is 44.7 Å². The number of nitrogens with zero attached hydrogens (tertiary/aromatic N) is 1. The molecule has 3 rings (SSSR count). The minimum Gasteiger partial charge on any atom is -0.318 e. The van der Waals surface area contributed by atoms with E-state index in [9.17, 15) is 4.79 Å². The molecule has 2 N–H and O–H groups in total. The van der Waals surface area contributed by atoms with Crippen LogP contribution >= 0.6 is 43.2 Å².